The second kappa shape index (κ2) is 1.83. The van der Waals surface area contributed by atoms with Crippen molar-refractivity contribution in [2.75, 3.05) is 6.54 Å². The first-order valence-corrected chi connectivity index (χ1v) is 3.08. The lowest BCUT2D eigenvalue weighted by Gasteiger charge is -1.85. The van der Waals surface area contributed by atoms with Crippen LogP contribution in [0.2, 0.25) is 0 Å². The number of rotatable bonds is 2. The van der Waals surface area contributed by atoms with Gasteiger partial charge in [0.15, 0.2) is 0 Å². The van der Waals surface area contributed by atoms with Gasteiger partial charge in [0.25, 0.3) is 0 Å². The Bertz CT molecular complexity index is 53.2. The molecule has 0 radical (unpaired) electrons. The minimum atomic E-state index is 0.894. The van der Waals surface area contributed by atoms with E-state index in [4.69, 9.17) is 5.73 Å². The van der Waals surface area contributed by atoms with Crippen molar-refractivity contribution in [3.05, 3.63) is 0 Å². The quantitative estimate of drug-likeness (QED) is 0.549. The average Bonchev–Trinajstić information content (AvgIpc) is 2.43. The predicted molar refractivity (Wildman–Crippen MR) is 30.9 cm³/mol. The smallest absolute Gasteiger partial charge is 0.00461 e. The summed E-state index contributed by atoms with van der Waals surface area (Å²) in [5.41, 5.74) is 5.40. The third kappa shape index (κ3) is 0.942. The Labute approximate surface area is 44.9 Å². The van der Waals surface area contributed by atoms with Gasteiger partial charge in [-0.3, -0.25) is 0 Å². The molecule has 7 heavy (non-hydrogen) atoms. The van der Waals surface area contributed by atoms with E-state index in [0.717, 1.165) is 18.4 Å². The summed E-state index contributed by atoms with van der Waals surface area (Å²) in [7, 11) is 0. The van der Waals surface area contributed by atoms with Gasteiger partial charge >= 0.3 is 0 Å². The minimum absolute atomic E-state index is 0.894. The topological polar surface area (TPSA) is 26.0 Å². The standard InChI is InChI=1S/C6H13N/c1-2-5-3-6(5)4-7/h5-6H,2-4,7H2,1H3/t5-,6+/m0/s1. The third-order valence-electron chi connectivity index (χ3n) is 1.90. The highest BCUT2D eigenvalue weighted by Crippen LogP contribution is 2.39. The molecular weight excluding hydrogens is 86.1 g/mol. The van der Waals surface area contributed by atoms with Crippen LogP contribution in [0.25, 0.3) is 0 Å². The van der Waals surface area contributed by atoms with E-state index in [1.54, 1.807) is 0 Å². The molecule has 1 nitrogen and oxygen atoms in total. The Balaban J connectivity index is 2.06. The van der Waals surface area contributed by atoms with E-state index in [-0.39, 0.29) is 0 Å². The molecule has 0 amide bonds. The maximum absolute atomic E-state index is 5.40. The van der Waals surface area contributed by atoms with Gasteiger partial charge in [0.2, 0.25) is 0 Å². The summed E-state index contributed by atoms with van der Waals surface area (Å²) >= 11 is 0. The molecule has 2 N–H and O–H groups in total. The average molecular weight is 99.2 g/mol. The molecule has 1 rings (SSSR count). The van der Waals surface area contributed by atoms with Gasteiger partial charge in [-0.1, -0.05) is 13.3 Å². The first-order valence-electron chi connectivity index (χ1n) is 3.08. The molecule has 0 spiro atoms. The summed E-state index contributed by atoms with van der Waals surface area (Å²) in [6, 6.07) is 0. The molecule has 0 unspecified atom stereocenters. The molecule has 42 valence electrons. The van der Waals surface area contributed by atoms with Crippen molar-refractivity contribution >= 4 is 0 Å². The second-order valence-corrected chi connectivity index (χ2v) is 2.40. The molecule has 0 aromatic heterocycles. The van der Waals surface area contributed by atoms with E-state index >= 15 is 0 Å². The zero-order chi connectivity index (χ0) is 5.28. The molecule has 0 aliphatic heterocycles. The lowest BCUT2D eigenvalue weighted by atomic mass is 10.3. The van der Waals surface area contributed by atoms with Gasteiger partial charge in [-0.2, -0.15) is 0 Å². The van der Waals surface area contributed by atoms with Crippen molar-refractivity contribution in [3.63, 3.8) is 0 Å². The largest absolute Gasteiger partial charge is 0.330 e. The van der Waals surface area contributed by atoms with Crippen LogP contribution in [-0.2, 0) is 0 Å². The normalized spacial score (nSPS) is 38.6. The van der Waals surface area contributed by atoms with Crippen LogP contribution in [0.15, 0.2) is 0 Å². The van der Waals surface area contributed by atoms with Crippen LogP contribution in [0.1, 0.15) is 19.8 Å². The number of nitrogens with two attached hydrogens (primary N) is 1. The summed E-state index contributed by atoms with van der Waals surface area (Å²) in [5.74, 6) is 1.88. The fraction of sp³-hybridized carbons (Fsp3) is 1.00. The van der Waals surface area contributed by atoms with E-state index in [1.165, 1.54) is 12.8 Å². The summed E-state index contributed by atoms with van der Waals surface area (Å²) in [5, 5.41) is 0. The van der Waals surface area contributed by atoms with Crippen molar-refractivity contribution in [3.8, 4) is 0 Å². The van der Waals surface area contributed by atoms with Crippen molar-refractivity contribution < 1.29 is 0 Å². The van der Waals surface area contributed by atoms with Crippen LogP contribution in [0.3, 0.4) is 0 Å². The lowest BCUT2D eigenvalue weighted by Crippen LogP contribution is -2.01. The van der Waals surface area contributed by atoms with E-state index in [9.17, 15) is 0 Å². The fourth-order valence-corrected chi connectivity index (χ4v) is 1.10. The maximum atomic E-state index is 5.40. The van der Waals surface area contributed by atoms with Crippen LogP contribution in [0.4, 0.5) is 0 Å². The summed E-state index contributed by atoms with van der Waals surface area (Å²) in [4.78, 5) is 0. The first kappa shape index (κ1) is 5.10. The summed E-state index contributed by atoms with van der Waals surface area (Å²) in [6.45, 7) is 3.15. The highest BCUT2D eigenvalue weighted by atomic mass is 14.6. The van der Waals surface area contributed by atoms with E-state index in [0.29, 0.717) is 0 Å². The molecule has 1 aliphatic rings. The monoisotopic (exact) mass is 99.1 g/mol. The summed E-state index contributed by atoms with van der Waals surface area (Å²) < 4.78 is 0. The number of hydrogen-bond acceptors (Lipinski definition) is 1. The van der Waals surface area contributed by atoms with Gasteiger partial charge in [0.05, 0.1) is 0 Å². The van der Waals surface area contributed by atoms with Crippen LogP contribution < -0.4 is 5.73 Å². The predicted octanol–water partition coefficient (Wildman–Crippen LogP) is 0.991. The van der Waals surface area contributed by atoms with Crippen LogP contribution in [-0.4, -0.2) is 6.54 Å². The van der Waals surface area contributed by atoms with Crippen LogP contribution in [0, 0.1) is 11.8 Å². The third-order valence-corrected chi connectivity index (χ3v) is 1.90. The molecule has 1 heteroatoms. The van der Waals surface area contributed by atoms with Crippen LogP contribution in [0.5, 0.6) is 0 Å². The minimum Gasteiger partial charge on any atom is -0.330 e. The number of hydrogen-bond donors (Lipinski definition) is 1. The fourth-order valence-electron chi connectivity index (χ4n) is 1.10. The zero-order valence-electron chi connectivity index (χ0n) is 4.85. The maximum Gasteiger partial charge on any atom is -0.00461 e. The van der Waals surface area contributed by atoms with Crippen molar-refractivity contribution in [1.29, 1.82) is 0 Å². The highest BCUT2D eigenvalue weighted by Gasteiger charge is 2.33. The zero-order valence-corrected chi connectivity index (χ0v) is 4.85. The SMILES string of the molecule is CC[C@H]1C[C@@H]1CN. The first-order chi connectivity index (χ1) is 3.38. The summed E-state index contributed by atoms with van der Waals surface area (Å²) in [6.07, 6.45) is 2.73. The van der Waals surface area contributed by atoms with Gasteiger partial charge in [0.1, 0.15) is 0 Å². The van der Waals surface area contributed by atoms with Crippen molar-refractivity contribution in [2.45, 2.75) is 19.8 Å². The highest BCUT2D eigenvalue weighted by molar-refractivity contribution is 4.85. The van der Waals surface area contributed by atoms with Gasteiger partial charge in [-0.15, -0.1) is 0 Å². The molecular formula is C6H13N. The van der Waals surface area contributed by atoms with E-state index in [2.05, 4.69) is 6.92 Å². The van der Waals surface area contributed by atoms with Crippen LogP contribution >= 0.6 is 0 Å². The Hall–Kier alpha value is -0.0400. The van der Waals surface area contributed by atoms with E-state index < -0.39 is 0 Å². The molecule has 2 atom stereocenters. The Kier molecular flexibility index (Phi) is 1.33. The molecule has 0 aromatic rings. The molecule has 1 saturated carbocycles. The molecule has 0 saturated heterocycles. The molecule has 1 aliphatic carbocycles. The molecule has 0 heterocycles. The van der Waals surface area contributed by atoms with Gasteiger partial charge in [-0.25, -0.2) is 0 Å². The Morgan fingerprint density at radius 1 is 1.57 bits per heavy atom. The lowest BCUT2D eigenvalue weighted by molar-refractivity contribution is 0.687. The molecule has 0 bridgehead atoms. The molecule has 0 aromatic carbocycles. The molecule has 1 fully saturated rings. The van der Waals surface area contributed by atoms with Gasteiger partial charge in [-0.05, 0) is 24.8 Å². The van der Waals surface area contributed by atoms with Gasteiger partial charge in [0, 0.05) is 0 Å². The van der Waals surface area contributed by atoms with Gasteiger partial charge < -0.3 is 5.73 Å². The van der Waals surface area contributed by atoms with Crippen molar-refractivity contribution in [2.24, 2.45) is 17.6 Å². The second-order valence-electron chi connectivity index (χ2n) is 2.40. The van der Waals surface area contributed by atoms with E-state index in [1.807, 2.05) is 0 Å². The Morgan fingerprint density at radius 3 is 2.43 bits per heavy atom. The Morgan fingerprint density at radius 2 is 2.29 bits per heavy atom. The van der Waals surface area contributed by atoms with Crippen molar-refractivity contribution in [1.82, 2.24) is 0 Å².